The van der Waals surface area contributed by atoms with Gasteiger partial charge in [-0.1, -0.05) is 41.1 Å². The van der Waals surface area contributed by atoms with Crippen LogP contribution in [0.4, 0.5) is 0 Å². The van der Waals surface area contributed by atoms with E-state index >= 15 is 0 Å². The van der Waals surface area contributed by atoms with Crippen molar-refractivity contribution in [3.05, 3.63) is 34.3 Å². The highest BCUT2D eigenvalue weighted by Crippen LogP contribution is 2.18. The number of hydrogen-bond acceptors (Lipinski definition) is 1. The second-order valence-corrected chi connectivity index (χ2v) is 3.99. The summed E-state index contributed by atoms with van der Waals surface area (Å²) in [5, 5.41) is 0. The third-order valence-electron chi connectivity index (χ3n) is 1.93. The van der Waals surface area contributed by atoms with Crippen LogP contribution < -0.4 is 5.73 Å². The van der Waals surface area contributed by atoms with Crippen LogP contribution in [0.25, 0.3) is 0 Å². The van der Waals surface area contributed by atoms with E-state index in [9.17, 15) is 0 Å². The van der Waals surface area contributed by atoms with E-state index in [2.05, 4.69) is 41.1 Å². The summed E-state index contributed by atoms with van der Waals surface area (Å²) in [5.74, 6) is 0.559. The minimum atomic E-state index is 0.559. The van der Waals surface area contributed by atoms with Crippen LogP contribution >= 0.6 is 15.9 Å². The fraction of sp³-hybridized carbons (Fsp3) is 0.400. The van der Waals surface area contributed by atoms with Gasteiger partial charge in [-0.15, -0.1) is 0 Å². The summed E-state index contributed by atoms with van der Waals surface area (Å²) in [6.07, 6.45) is 1.05. The van der Waals surface area contributed by atoms with Gasteiger partial charge in [0.15, 0.2) is 0 Å². The smallest absolute Gasteiger partial charge is 0.0207 e. The molecule has 0 saturated carbocycles. The Morgan fingerprint density at radius 3 is 2.67 bits per heavy atom. The van der Waals surface area contributed by atoms with Crippen LogP contribution in [0.1, 0.15) is 12.5 Å². The average Bonchev–Trinajstić information content (AvgIpc) is 2.09. The van der Waals surface area contributed by atoms with Crippen molar-refractivity contribution < 1.29 is 0 Å². The Kier molecular flexibility index (Phi) is 3.76. The van der Waals surface area contributed by atoms with Crippen LogP contribution in [-0.4, -0.2) is 6.54 Å². The Morgan fingerprint density at radius 1 is 1.42 bits per heavy atom. The molecule has 0 heterocycles. The Balaban J connectivity index is 2.69. The molecule has 2 heteroatoms. The standard InChI is InChI=1S/C10H14BrN/c1-8(7-12)6-9-4-2-3-5-10(9)11/h2-5,8H,6-7,12H2,1H3. The molecular weight excluding hydrogens is 214 g/mol. The van der Waals surface area contributed by atoms with Crippen LogP contribution in [0, 0.1) is 5.92 Å². The molecule has 66 valence electrons. The minimum Gasteiger partial charge on any atom is -0.330 e. The highest BCUT2D eigenvalue weighted by Gasteiger charge is 2.03. The van der Waals surface area contributed by atoms with Gasteiger partial charge >= 0.3 is 0 Å². The number of rotatable bonds is 3. The Labute approximate surface area is 82.1 Å². The fourth-order valence-corrected chi connectivity index (χ4v) is 1.57. The zero-order valence-electron chi connectivity index (χ0n) is 7.26. The van der Waals surface area contributed by atoms with Crippen molar-refractivity contribution in [1.29, 1.82) is 0 Å². The maximum Gasteiger partial charge on any atom is 0.0207 e. The second-order valence-electron chi connectivity index (χ2n) is 3.14. The number of hydrogen-bond donors (Lipinski definition) is 1. The molecule has 0 aliphatic carbocycles. The molecule has 0 bridgehead atoms. The van der Waals surface area contributed by atoms with E-state index in [0.717, 1.165) is 13.0 Å². The van der Waals surface area contributed by atoms with Crippen molar-refractivity contribution in [2.45, 2.75) is 13.3 Å². The number of benzene rings is 1. The largest absolute Gasteiger partial charge is 0.330 e. The van der Waals surface area contributed by atoms with Gasteiger partial charge in [0.05, 0.1) is 0 Å². The van der Waals surface area contributed by atoms with E-state index < -0.39 is 0 Å². The predicted molar refractivity (Wildman–Crippen MR) is 56.1 cm³/mol. The third kappa shape index (κ3) is 2.61. The molecule has 1 unspecified atom stereocenters. The first-order valence-electron chi connectivity index (χ1n) is 4.17. The molecule has 0 aliphatic rings. The lowest BCUT2D eigenvalue weighted by atomic mass is 10.0. The molecule has 0 amide bonds. The van der Waals surface area contributed by atoms with E-state index in [-0.39, 0.29) is 0 Å². The lowest BCUT2D eigenvalue weighted by Crippen LogP contribution is -2.13. The molecule has 0 saturated heterocycles. The molecule has 1 aromatic rings. The second kappa shape index (κ2) is 4.63. The molecule has 1 aromatic carbocycles. The first-order valence-corrected chi connectivity index (χ1v) is 4.96. The maximum absolute atomic E-state index is 5.55. The summed E-state index contributed by atoms with van der Waals surface area (Å²) in [6.45, 7) is 2.92. The molecular formula is C10H14BrN. The van der Waals surface area contributed by atoms with Crippen molar-refractivity contribution in [2.24, 2.45) is 11.7 Å². The Bertz CT molecular complexity index is 247. The zero-order valence-corrected chi connectivity index (χ0v) is 8.84. The van der Waals surface area contributed by atoms with E-state index in [1.807, 2.05) is 6.07 Å². The maximum atomic E-state index is 5.55. The average molecular weight is 228 g/mol. The monoisotopic (exact) mass is 227 g/mol. The summed E-state index contributed by atoms with van der Waals surface area (Å²) in [6, 6.07) is 8.29. The third-order valence-corrected chi connectivity index (χ3v) is 2.70. The van der Waals surface area contributed by atoms with Crippen molar-refractivity contribution in [3.8, 4) is 0 Å². The van der Waals surface area contributed by atoms with Gasteiger partial charge in [0.2, 0.25) is 0 Å². The van der Waals surface area contributed by atoms with Crippen LogP contribution in [0.3, 0.4) is 0 Å². The van der Waals surface area contributed by atoms with Crippen LogP contribution in [0.2, 0.25) is 0 Å². The molecule has 1 atom stereocenters. The Hall–Kier alpha value is -0.340. The van der Waals surface area contributed by atoms with E-state index in [0.29, 0.717) is 5.92 Å². The lowest BCUT2D eigenvalue weighted by molar-refractivity contribution is 0.592. The highest BCUT2D eigenvalue weighted by molar-refractivity contribution is 9.10. The van der Waals surface area contributed by atoms with E-state index in [1.165, 1.54) is 10.0 Å². The molecule has 12 heavy (non-hydrogen) atoms. The van der Waals surface area contributed by atoms with Gasteiger partial charge in [-0.05, 0) is 30.5 Å². The van der Waals surface area contributed by atoms with E-state index in [4.69, 9.17) is 5.73 Å². The Morgan fingerprint density at radius 2 is 2.08 bits per heavy atom. The van der Waals surface area contributed by atoms with Gasteiger partial charge in [-0.25, -0.2) is 0 Å². The molecule has 1 rings (SSSR count). The highest BCUT2D eigenvalue weighted by atomic mass is 79.9. The molecule has 0 fully saturated rings. The normalized spacial score (nSPS) is 12.9. The van der Waals surface area contributed by atoms with Gasteiger partial charge in [-0.2, -0.15) is 0 Å². The van der Waals surface area contributed by atoms with Gasteiger partial charge in [-0.3, -0.25) is 0 Å². The molecule has 0 aromatic heterocycles. The van der Waals surface area contributed by atoms with Crippen molar-refractivity contribution >= 4 is 15.9 Å². The first kappa shape index (κ1) is 9.75. The van der Waals surface area contributed by atoms with Gasteiger partial charge in [0, 0.05) is 4.47 Å². The van der Waals surface area contributed by atoms with Crippen molar-refractivity contribution in [3.63, 3.8) is 0 Å². The first-order chi connectivity index (χ1) is 5.74. The number of nitrogens with two attached hydrogens (primary N) is 1. The van der Waals surface area contributed by atoms with Crippen molar-refractivity contribution in [1.82, 2.24) is 0 Å². The summed E-state index contributed by atoms with van der Waals surface area (Å²) in [7, 11) is 0. The van der Waals surface area contributed by atoms with Gasteiger partial charge < -0.3 is 5.73 Å². The van der Waals surface area contributed by atoms with Crippen molar-refractivity contribution in [2.75, 3.05) is 6.54 Å². The van der Waals surface area contributed by atoms with Crippen LogP contribution in [0.5, 0.6) is 0 Å². The minimum absolute atomic E-state index is 0.559. The zero-order chi connectivity index (χ0) is 8.97. The fourth-order valence-electron chi connectivity index (χ4n) is 1.12. The summed E-state index contributed by atoms with van der Waals surface area (Å²) in [4.78, 5) is 0. The quantitative estimate of drug-likeness (QED) is 0.845. The van der Waals surface area contributed by atoms with Gasteiger partial charge in [0.1, 0.15) is 0 Å². The van der Waals surface area contributed by atoms with Crippen LogP contribution in [0.15, 0.2) is 28.7 Å². The van der Waals surface area contributed by atoms with Crippen LogP contribution in [-0.2, 0) is 6.42 Å². The predicted octanol–water partition coefficient (Wildman–Crippen LogP) is 2.59. The number of halogens is 1. The molecule has 1 nitrogen and oxygen atoms in total. The van der Waals surface area contributed by atoms with Gasteiger partial charge in [0.25, 0.3) is 0 Å². The summed E-state index contributed by atoms with van der Waals surface area (Å²) < 4.78 is 1.19. The summed E-state index contributed by atoms with van der Waals surface area (Å²) in [5.41, 5.74) is 6.90. The topological polar surface area (TPSA) is 26.0 Å². The summed E-state index contributed by atoms with van der Waals surface area (Å²) >= 11 is 3.51. The van der Waals surface area contributed by atoms with E-state index in [1.54, 1.807) is 0 Å². The molecule has 0 aliphatic heterocycles. The molecule has 0 radical (unpaired) electrons. The molecule has 0 spiro atoms. The lowest BCUT2D eigenvalue weighted by Gasteiger charge is -2.09. The molecule has 2 N–H and O–H groups in total. The SMILES string of the molecule is CC(CN)Cc1ccccc1Br.